The Morgan fingerprint density at radius 3 is 2.38 bits per heavy atom. The normalized spacial score (nSPS) is 18.1. The van der Waals surface area contributed by atoms with E-state index in [1.165, 1.54) is 16.8 Å². The lowest BCUT2D eigenvalue weighted by Crippen LogP contribution is -2.41. The first-order chi connectivity index (χ1) is 16.5. The maximum atomic E-state index is 12.8. The molecule has 7 nitrogen and oxygen atoms in total. The molecule has 2 unspecified atom stereocenters. The molecule has 0 radical (unpaired) electrons. The summed E-state index contributed by atoms with van der Waals surface area (Å²) in [5, 5.41) is 0. The number of rotatable bonds is 12. The van der Waals surface area contributed by atoms with E-state index in [9.17, 15) is 4.79 Å². The summed E-state index contributed by atoms with van der Waals surface area (Å²) >= 11 is 0. The molecule has 1 heterocycles. The molecule has 0 spiro atoms. The van der Waals surface area contributed by atoms with E-state index >= 15 is 0 Å². The third kappa shape index (κ3) is 6.72. The van der Waals surface area contributed by atoms with Gasteiger partial charge in [-0.15, -0.1) is 0 Å². The standard InChI is InChI=1S/C27H39N3O4/c1-28(2)23-12-10-21(11-13-23)16-29-17-22(18-30(14-15-32-3)27(31)20-33-4)25(19-29)24-8-6-7-9-26(24)34-5/h6-13,22,25H,14-20H2,1-5H3. The number of carbonyl (C=O) groups excluding carboxylic acids is 1. The fourth-order valence-corrected chi connectivity index (χ4v) is 4.77. The zero-order valence-electron chi connectivity index (χ0n) is 21.2. The van der Waals surface area contributed by atoms with E-state index in [1.54, 1.807) is 21.3 Å². The lowest BCUT2D eigenvalue weighted by Gasteiger charge is -2.29. The average Bonchev–Trinajstić information content (AvgIpc) is 3.23. The highest BCUT2D eigenvalue weighted by molar-refractivity contribution is 5.77. The van der Waals surface area contributed by atoms with Gasteiger partial charge in [0.1, 0.15) is 12.4 Å². The molecule has 0 bridgehead atoms. The number of nitrogens with zero attached hydrogens (tertiary/aromatic N) is 3. The molecule has 1 amide bonds. The second-order valence-corrected chi connectivity index (χ2v) is 9.13. The number of para-hydroxylation sites is 1. The lowest BCUT2D eigenvalue weighted by molar-refractivity contribution is -0.136. The summed E-state index contributed by atoms with van der Waals surface area (Å²) in [5.74, 6) is 1.44. The number of anilines is 1. The molecular formula is C27H39N3O4. The molecule has 1 saturated heterocycles. The summed E-state index contributed by atoms with van der Waals surface area (Å²) in [6.07, 6.45) is 0. The number of hydrogen-bond acceptors (Lipinski definition) is 6. The van der Waals surface area contributed by atoms with E-state index < -0.39 is 0 Å². The topological polar surface area (TPSA) is 54.5 Å². The molecule has 3 rings (SSSR count). The minimum Gasteiger partial charge on any atom is -0.496 e. The van der Waals surface area contributed by atoms with Crippen molar-refractivity contribution in [2.75, 3.05) is 79.7 Å². The second-order valence-electron chi connectivity index (χ2n) is 9.13. The smallest absolute Gasteiger partial charge is 0.248 e. The van der Waals surface area contributed by atoms with Gasteiger partial charge < -0.3 is 24.0 Å². The lowest BCUT2D eigenvalue weighted by atomic mass is 9.88. The van der Waals surface area contributed by atoms with Gasteiger partial charge in [0.25, 0.3) is 0 Å². The number of carbonyl (C=O) groups is 1. The van der Waals surface area contributed by atoms with E-state index in [-0.39, 0.29) is 24.3 Å². The number of methoxy groups -OCH3 is 3. The summed E-state index contributed by atoms with van der Waals surface area (Å²) in [6, 6.07) is 17.0. The summed E-state index contributed by atoms with van der Waals surface area (Å²) in [6.45, 7) is 4.49. The minimum absolute atomic E-state index is 0.00366. The van der Waals surface area contributed by atoms with Crippen molar-refractivity contribution >= 4 is 11.6 Å². The largest absolute Gasteiger partial charge is 0.496 e. The summed E-state index contributed by atoms with van der Waals surface area (Å²) in [7, 11) is 9.05. The monoisotopic (exact) mass is 469 g/mol. The molecule has 0 saturated carbocycles. The first-order valence-electron chi connectivity index (χ1n) is 11.8. The van der Waals surface area contributed by atoms with Gasteiger partial charge in [0.15, 0.2) is 0 Å². The quantitative estimate of drug-likeness (QED) is 0.476. The molecule has 0 aromatic heterocycles. The SMILES string of the molecule is COCCN(CC1CN(Cc2ccc(N(C)C)cc2)CC1c1ccccc1OC)C(=O)COC. The van der Waals surface area contributed by atoms with Crippen molar-refractivity contribution < 1.29 is 19.0 Å². The summed E-state index contributed by atoms with van der Waals surface area (Å²) < 4.78 is 16.1. The predicted octanol–water partition coefficient (Wildman–Crippen LogP) is 3.10. The van der Waals surface area contributed by atoms with Crippen LogP contribution in [0.3, 0.4) is 0 Å². The summed E-state index contributed by atoms with van der Waals surface area (Å²) in [5.41, 5.74) is 3.68. The van der Waals surface area contributed by atoms with Crippen LogP contribution >= 0.6 is 0 Å². The number of amides is 1. The molecule has 1 aliphatic heterocycles. The van der Waals surface area contributed by atoms with Crippen molar-refractivity contribution in [1.29, 1.82) is 0 Å². The zero-order chi connectivity index (χ0) is 24.5. The molecule has 2 aromatic rings. The highest BCUT2D eigenvalue weighted by Crippen LogP contribution is 2.38. The average molecular weight is 470 g/mol. The molecule has 0 aliphatic carbocycles. The van der Waals surface area contributed by atoms with Crippen LogP contribution in [0.15, 0.2) is 48.5 Å². The van der Waals surface area contributed by atoms with Crippen LogP contribution in [0.2, 0.25) is 0 Å². The van der Waals surface area contributed by atoms with E-state index in [0.717, 1.165) is 25.4 Å². The maximum absolute atomic E-state index is 12.8. The van der Waals surface area contributed by atoms with E-state index in [0.29, 0.717) is 19.7 Å². The Kier molecular flexibility index (Phi) is 9.74. The molecule has 0 N–H and O–H groups in total. The molecule has 186 valence electrons. The Bertz CT molecular complexity index is 903. The van der Waals surface area contributed by atoms with Gasteiger partial charge in [0.2, 0.25) is 5.91 Å². The first kappa shape index (κ1) is 26.0. The van der Waals surface area contributed by atoms with Gasteiger partial charge in [-0.3, -0.25) is 9.69 Å². The molecule has 1 aliphatic rings. The Labute approximate surface area is 204 Å². The molecule has 7 heteroatoms. The number of benzene rings is 2. The van der Waals surface area contributed by atoms with Gasteiger partial charge in [-0.05, 0) is 35.2 Å². The number of hydrogen-bond donors (Lipinski definition) is 0. The Morgan fingerprint density at radius 2 is 1.74 bits per heavy atom. The number of likely N-dealkylation sites (tertiary alicyclic amines) is 1. The van der Waals surface area contributed by atoms with Gasteiger partial charge in [-0.25, -0.2) is 0 Å². The molecule has 2 aromatic carbocycles. The maximum Gasteiger partial charge on any atom is 0.248 e. The van der Waals surface area contributed by atoms with Crippen LogP contribution in [0.4, 0.5) is 5.69 Å². The van der Waals surface area contributed by atoms with Gasteiger partial charge >= 0.3 is 0 Å². The van der Waals surface area contributed by atoms with Crippen molar-refractivity contribution in [2.45, 2.75) is 12.5 Å². The van der Waals surface area contributed by atoms with Crippen molar-refractivity contribution in [3.05, 3.63) is 59.7 Å². The molecule has 1 fully saturated rings. The zero-order valence-corrected chi connectivity index (χ0v) is 21.2. The fraction of sp³-hybridized carbons (Fsp3) is 0.519. The van der Waals surface area contributed by atoms with Crippen LogP contribution in [0.1, 0.15) is 17.0 Å². The van der Waals surface area contributed by atoms with E-state index in [1.807, 2.05) is 17.0 Å². The fourth-order valence-electron chi connectivity index (χ4n) is 4.77. The molecule has 34 heavy (non-hydrogen) atoms. The van der Waals surface area contributed by atoms with Gasteiger partial charge in [-0.1, -0.05) is 30.3 Å². The van der Waals surface area contributed by atoms with Crippen LogP contribution in [-0.2, 0) is 20.8 Å². The van der Waals surface area contributed by atoms with Crippen molar-refractivity contribution in [3.63, 3.8) is 0 Å². The van der Waals surface area contributed by atoms with Gasteiger partial charge in [0.05, 0.1) is 13.7 Å². The third-order valence-electron chi connectivity index (χ3n) is 6.55. The highest BCUT2D eigenvalue weighted by atomic mass is 16.5. The van der Waals surface area contributed by atoms with E-state index in [4.69, 9.17) is 14.2 Å². The van der Waals surface area contributed by atoms with Crippen LogP contribution in [0.25, 0.3) is 0 Å². The van der Waals surface area contributed by atoms with Gasteiger partial charge in [-0.2, -0.15) is 0 Å². The Balaban J connectivity index is 1.82. The Hall–Kier alpha value is -2.61. The summed E-state index contributed by atoms with van der Waals surface area (Å²) in [4.78, 5) is 19.2. The van der Waals surface area contributed by atoms with Crippen molar-refractivity contribution in [1.82, 2.24) is 9.80 Å². The van der Waals surface area contributed by atoms with Crippen LogP contribution in [0, 0.1) is 5.92 Å². The van der Waals surface area contributed by atoms with Crippen LogP contribution < -0.4 is 9.64 Å². The minimum atomic E-state index is -0.00366. The van der Waals surface area contributed by atoms with E-state index in [2.05, 4.69) is 60.3 Å². The Morgan fingerprint density at radius 1 is 1.00 bits per heavy atom. The van der Waals surface area contributed by atoms with Gasteiger partial charge in [0, 0.05) is 72.6 Å². The highest BCUT2D eigenvalue weighted by Gasteiger charge is 2.37. The van der Waals surface area contributed by atoms with Crippen LogP contribution in [-0.4, -0.2) is 90.5 Å². The predicted molar refractivity (Wildman–Crippen MR) is 136 cm³/mol. The van der Waals surface area contributed by atoms with Crippen molar-refractivity contribution in [3.8, 4) is 5.75 Å². The second kappa shape index (κ2) is 12.7. The molecular weight excluding hydrogens is 430 g/mol. The van der Waals surface area contributed by atoms with Crippen LogP contribution in [0.5, 0.6) is 5.75 Å². The van der Waals surface area contributed by atoms with Crippen molar-refractivity contribution in [2.24, 2.45) is 5.92 Å². The third-order valence-corrected chi connectivity index (χ3v) is 6.55. The number of ether oxygens (including phenoxy) is 3. The first-order valence-corrected chi connectivity index (χ1v) is 11.8. The molecule has 2 atom stereocenters.